The first kappa shape index (κ1) is 17.8. The molecule has 2 aromatic carbocycles. The van der Waals surface area contributed by atoms with E-state index in [0.29, 0.717) is 19.4 Å². The molecule has 2 bridgehead atoms. The van der Waals surface area contributed by atoms with Gasteiger partial charge in [-0.05, 0) is 36.6 Å². The van der Waals surface area contributed by atoms with Gasteiger partial charge in [0.05, 0.1) is 0 Å². The molecule has 0 radical (unpaired) electrons. The molecule has 3 N–H and O–H groups in total. The fourth-order valence-electron chi connectivity index (χ4n) is 4.95. The Balaban J connectivity index is 1.50. The number of fused-ring (bicyclic) bond motifs is 5. The Morgan fingerprint density at radius 2 is 2.00 bits per heavy atom. The average molecular weight is 389 g/mol. The number of aromatic nitrogens is 1. The standard InChI is InChI=1S/C23H23N3O3/c1-23-12-17(16-7-3-5-9-19(16)29-23)20(21(24)27)22(28)26(23)11-10-14-13-25-18-8-4-2-6-15(14)18/h2-9,13,17,20,25H,10-12H2,1H3,(H2,24,27)/t17-,20+,23-/m0/s1. The number of rotatable bonds is 4. The Labute approximate surface area is 168 Å². The van der Waals surface area contributed by atoms with Gasteiger partial charge in [0.15, 0.2) is 5.72 Å². The van der Waals surface area contributed by atoms with Gasteiger partial charge >= 0.3 is 0 Å². The summed E-state index contributed by atoms with van der Waals surface area (Å²) in [5.41, 5.74) is 7.98. The highest BCUT2D eigenvalue weighted by Crippen LogP contribution is 2.50. The van der Waals surface area contributed by atoms with Gasteiger partial charge in [0, 0.05) is 36.0 Å². The molecular formula is C23H23N3O3. The predicted molar refractivity (Wildman–Crippen MR) is 109 cm³/mol. The lowest BCUT2D eigenvalue weighted by molar-refractivity contribution is -0.175. The number of nitrogens with one attached hydrogen (secondary N) is 1. The summed E-state index contributed by atoms with van der Waals surface area (Å²) in [4.78, 5) is 30.6. The predicted octanol–water partition coefficient (Wildman–Crippen LogP) is 2.94. The molecule has 3 aromatic rings. The van der Waals surface area contributed by atoms with E-state index in [-0.39, 0.29) is 11.8 Å². The molecule has 2 amide bonds. The Morgan fingerprint density at radius 1 is 1.24 bits per heavy atom. The normalized spacial score (nSPS) is 25.6. The topological polar surface area (TPSA) is 88.4 Å². The van der Waals surface area contributed by atoms with E-state index in [4.69, 9.17) is 10.5 Å². The Hall–Kier alpha value is -3.28. The molecule has 5 rings (SSSR count). The summed E-state index contributed by atoms with van der Waals surface area (Å²) in [5, 5.41) is 1.14. The summed E-state index contributed by atoms with van der Waals surface area (Å²) in [6.45, 7) is 2.39. The van der Waals surface area contributed by atoms with Crippen molar-refractivity contribution in [3.63, 3.8) is 0 Å². The summed E-state index contributed by atoms with van der Waals surface area (Å²) in [5.74, 6) is -1.21. The van der Waals surface area contributed by atoms with Gasteiger partial charge in [-0.15, -0.1) is 0 Å². The van der Waals surface area contributed by atoms with Crippen LogP contribution in [0.2, 0.25) is 0 Å². The highest BCUT2D eigenvalue weighted by molar-refractivity contribution is 6.02. The number of para-hydroxylation sites is 2. The number of nitrogens with zero attached hydrogens (tertiary/aromatic N) is 1. The number of H-pyrrole nitrogens is 1. The van der Waals surface area contributed by atoms with Crippen molar-refractivity contribution in [2.24, 2.45) is 11.7 Å². The number of nitrogens with two attached hydrogens (primary N) is 1. The number of carbonyl (C=O) groups excluding carboxylic acids is 2. The molecule has 6 nitrogen and oxygen atoms in total. The maximum atomic E-state index is 13.4. The van der Waals surface area contributed by atoms with Gasteiger partial charge in [0.25, 0.3) is 0 Å². The lowest BCUT2D eigenvalue weighted by atomic mass is 9.73. The molecule has 1 saturated heterocycles. The van der Waals surface area contributed by atoms with Crippen molar-refractivity contribution < 1.29 is 14.3 Å². The van der Waals surface area contributed by atoms with Gasteiger partial charge in [-0.3, -0.25) is 9.59 Å². The van der Waals surface area contributed by atoms with Crippen molar-refractivity contribution in [3.8, 4) is 5.75 Å². The number of hydrogen-bond donors (Lipinski definition) is 2. The van der Waals surface area contributed by atoms with Gasteiger partial charge < -0.3 is 20.4 Å². The Morgan fingerprint density at radius 3 is 2.83 bits per heavy atom. The number of benzene rings is 2. The zero-order valence-electron chi connectivity index (χ0n) is 16.2. The van der Waals surface area contributed by atoms with E-state index >= 15 is 0 Å². The van der Waals surface area contributed by atoms with E-state index in [9.17, 15) is 9.59 Å². The van der Waals surface area contributed by atoms with Crippen LogP contribution in [0.25, 0.3) is 10.9 Å². The van der Waals surface area contributed by atoms with Crippen molar-refractivity contribution in [1.82, 2.24) is 9.88 Å². The summed E-state index contributed by atoms with van der Waals surface area (Å²) in [6.07, 6.45) is 3.19. The number of ether oxygens (including phenoxy) is 1. The molecule has 29 heavy (non-hydrogen) atoms. The SMILES string of the molecule is C[C@@]12C[C@@H](c3ccccc3O1)[C@H](C(N)=O)C(=O)N2CCc1c[nH]c2ccccc12. The number of primary amides is 1. The van der Waals surface area contributed by atoms with Crippen molar-refractivity contribution in [2.75, 3.05) is 6.54 Å². The average Bonchev–Trinajstić information content (AvgIpc) is 3.10. The number of hydrogen-bond acceptors (Lipinski definition) is 3. The number of likely N-dealkylation sites (tertiary alicyclic amines) is 1. The first-order valence-corrected chi connectivity index (χ1v) is 9.92. The van der Waals surface area contributed by atoms with Crippen LogP contribution in [0.5, 0.6) is 5.75 Å². The monoisotopic (exact) mass is 389 g/mol. The fourth-order valence-corrected chi connectivity index (χ4v) is 4.95. The molecule has 0 unspecified atom stereocenters. The van der Waals surface area contributed by atoms with Crippen LogP contribution in [0.1, 0.15) is 30.4 Å². The molecule has 0 saturated carbocycles. The van der Waals surface area contributed by atoms with Gasteiger partial charge in [-0.2, -0.15) is 0 Å². The first-order chi connectivity index (χ1) is 14.0. The van der Waals surface area contributed by atoms with Crippen LogP contribution in [-0.2, 0) is 16.0 Å². The minimum Gasteiger partial charge on any atom is -0.468 e. The van der Waals surface area contributed by atoms with Crippen molar-refractivity contribution in [3.05, 3.63) is 65.9 Å². The second kappa shape index (κ2) is 6.37. The molecule has 1 aromatic heterocycles. The third kappa shape index (κ3) is 2.70. The number of aromatic amines is 1. The smallest absolute Gasteiger partial charge is 0.238 e. The van der Waals surface area contributed by atoms with Crippen LogP contribution < -0.4 is 10.5 Å². The molecule has 3 heterocycles. The molecule has 2 aliphatic rings. The van der Waals surface area contributed by atoms with Crippen LogP contribution in [0.15, 0.2) is 54.7 Å². The Kier molecular flexibility index (Phi) is 3.91. The molecule has 0 spiro atoms. The molecule has 6 heteroatoms. The van der Waals surface area contributed by atoms with Crippen molar-refractivity contribution in [1.29, 1.82) is 0 Å². The zero-order chi connectivity index (χ0) is 20.2. The van der Waals surface area contributed by atoms with Gasteiger partial charge in [0.2, 0.25) is 11.8 Å². The first-order valence-electron chi connectivity index (χ1n) is 9.92. The highest BCUT2D eigenvalue weighted by atomic mass is 16.5. The zero-order valence-corrected chi connectivity index (χ0v) is 16.2. The van der Waals surface area contributed by atoms with Crippen LogP contribution in [0.3, 0.4) is 0 Å². The second-order valence-electron chi connectivity index (χ2n) is 8.10. The summed E-state index contributed by atoms with van der Waals surface area (Å²) < 4.78 is 6.30. The highest BCUT2D eigenvalue weighted by Gasteiger charge is 2.55. The maximum Gasteiger partial charge on any atom is 0.238 e. The van der Waals surface area contributed by atoms with Gasteiger partial charge in [0.1, 0.15) is 11.7 Å². The van der Waals surface area contributed by atoms with Gasteiger partial charge in [-0.25, -0.2) is 0 Å². The minimum absolute atomic E-state index is 0.245. The number of carbonyl (C=O) groups is 2. The van der Waals surface area contributed by atoms with E-state index in [1.807, 2.05) is 55.6 Å². The molecule has 148 valence electrons. The molecular weight excluding hydrogens is 366 g/mol. The van der Waals surface area contributed by atoms with E-state index in [1.54, 1.807) is 4.90 Å². The van der Waals surface area contributed by atoms with E-state index in [0.717, 1.165) is 27.8 Å². The minimum atomic E-state index is -0.865. The quantitative estimate of drug-likeness (QED) is 0.673. The molecule has 2 aliphatic heterocycles. The lowest BCUT2D eigenvalue weighted by Gasteiger charge is -2.52. The second-order valence-corrected chi connectivity index (χ2v) is 8.10. The van der Waals surface area contributed by atoms with E-state index in [1.165, 1.54) is 0 Å². The van der Waals surface area contributed by atoms with E-state index in [2.05, 4.69) is 11.1 Å². The summed E-state index contributed by atoms with van der Waals surface area (Å²) >= 11 is 0. The molecule has 3 atom stereocenters. The van der Waals surface area contributed by atoms with Crippen LogP contribution in [0, 0.1) is 5.92 Å². The van der Waals surface area contributed by atoms with Crippen LogP contribution in [0.4, 0.5) is 0 Å². The number of amides is 2. The summed E-state index contributed by atoms with van der Waals surface area (Å²) in [7, 11) is 0. The van der Waals surface area contributed by atoms with E-state index < -0.39 is 17.6 Å². The molecule has 1 fully saturated rings. The largest absolute Gasteiger partial charge is 0.468 e. The third-order valence-corrected chi connectivity index (χ3v) is 6.34. The number of piperidine rings is 1. The van der Waals surface area contributed by atoms with Crippen molar-refractivity contribution in [2.45, 2.75) is 31.4 Å². The maximum absolute atomic E-state index is 13.4. The third-order valence-electron chi connectivity index (χ3n) is 6.34. The lowest BCUT2D eigenvalue weighted by Crippen LogP contribution is -2.64. The van der Waals surface area contributed by atoms with Gasteiger partial charge in [-0.1, -0.05) is 36.4 Å². The summed E-state index contributed by atoms with van der Waals surface area (Å²) in [6, 6.07) is 15.7. The fraction of sp³-hybridized carbons (Fsp3) is 0.304. The van der Waals surface area contributed by atoms with Crippen molar-refractivity contribution >= 4 is 22.7 Å². The molecule has 0 aliphatic carbocycles. The van der Waals surface area contributed by atoms with Crippen LogP contribution >= 0.6 is 0 Å². The van der Waals surface area contributed by atoms with Crippen LogP contribution in [-0.4, -0.2) is 34.0 Å². The Bertz CT molecular complexity index is 1120.